The second kappa shape index (κ2) is 4.23. The van der Waals surface area contributed by atoms with E-state index in [1.54, 1.807) is 0 Å². The zero-order chi connectivity index (χ0) is 9.84. The van der Waals surface area contributed by atoms with Crippen LogP contribution in [0.5, 0.6) is 0 Å². The minimum Gasteiger partial charge on any atom is -0.392 e. The molecule has 0 saturated carbocycles. The van der Waals surface area contributed by atoms with Crippen molar-refractivity contribution in [3.05, 3.63) is 23.4 Å². The van der Waals surface area contributed by atoms with E-state index in [4.69, 9.17) is 10.8 Å². The highest BCUT2D eigenvalue weighted by atomic mass is 16.3. The van der Waals surface area contributed by atoms with Crippen molar-refractivity contribution in [2.45, 2.75) is 26.9 Å². The summed E-state index contributed by atoms with van der Waals surface area (Å²) < 4.78 is 0. The molecule has 1 aromatic rings. The van der Waals surface area contributed by atoms with Gasteiger partial charge >= 0.3 is 0 Å². The number of hydrogen-bond acceptors (Lipinski definition) is 3. The molecule has 0 unspecified atom stereocenters. The predicted molar refractivity (Wildman–Crippen MR) is 53.1 cm³/mol. The summed E-state index contributed by atoms with van der Waals surface area (Å²) in [5.74, 6) is 1.02. The molecule has 3 heteroatoms. The van der Waals surface area contributed by atoms with Gasteiger partial charge in [0.2, 0.25) is 0 Å². The molecule has 0 amide bonds. The molecule has 3 nitrogen and oxygen atoms in total. The van der Waals surface area contributed by atoms with Crippen molar-refractivity contribution in [3.63, 3.8) is 0 Å². The molecule has 0 aliphatic carbocycles. The molecule has 0 aliphatic heterocycles. The molecule has 0 aliphatic rings. The number of nitrogens with two attached hydrogens (primary N) is 1. The molecule has 1 heterocycles. The Hall–Kier alpha value is -1.09. The van der Waals surface area contributed by atoms with Crippen LogP contribution in [0.4, 0.5) is 5.82 Å². The molecule has 0 spiro atoms. The Labute approximate surface area is 78.6 Å². The van der Waals surface area contributed by atoms with E-state index < -0.39 is 0 Å². The van der Waals surface area contributed by atoms with Crippen LogP contribution < -0.4 is 5.73 Å². The molecule has 0 atom stereocenters. The average Bonchev–Trinajstić information content (AvgIpc) is 2.03. The maximum Gasteiger partial charge on any atom is 0.129 e. The van der Waals surface area contributed by atoms with Crippen molar-refractivity contribution >= 4 is 5.82 Å². The first-order chi connectivity index (χ1) is 6.13. The molecule has 3 N–H and O–H groups in total. The second-order valence-corrected chi connectivity index (χ2v) is 3.60. The van der Waals surface area contributed by atoms with Crippen LogP contribution in [0.15, 0.2) is 12.1 Å². The number of hydrogen-bond donors (Lipinski definition) is 2. The number of aliphatic hydroxyl groups is 1. The summed E-state index contributed by atoms with van der Waals surface area (Å²) in [6.07, 6.45) is 0.926. The summed E-state index contributed by atoms with van der Waals surface area (Å²) in [7, 11) is 0. The topological polar surface area (TPSA) is 59.1 Å². The average molecular weight is 180 g/mol. The van der Waals surface area contributed by atoms with Crippen LogP contribution in [0, 0.1) is 5.92 Å². The number of pyridine rings is 1. The Morgan fingerprint density at radius 3 is 2.62 bits per heavy atom. The third-order valence-electron chi connectivity index (χ3n) is 1.86. The van der Waals surface area contributed by atoms with Crippen LogP contribution in [0.25, 0.3) is 0 Å². The predicted octanol–water partition coefficient (Wildman–Crippen LogP) is 1.35. The highest BCUT2D eigenvalue weighted by molar-refractivity contribution is 5.39. The van der Waals surface area contributed by atoms with Crippen LogP contribution in [0.2, 0.25) is 0 Å². The van der Waals surface area contributed by atoms with E-state index in [1.165, 1.54) is 0 Å². The van der Waals surface area contributed by atoms with Gasteiger partial charge in [0.25, 0.3) is 0 Å². The SMILES string of the molecule is CC(C)Cc1ccc(CO)c(N)n1. The van der Waals surface area contributed by atoms with E-state index in [9.17, 15) is 0 Å². The summed E-state index contributed by atoms with van der Waals surface area (Å²) >= 11 is 0. The number of nitrogens with zero attached hydrogens (tertiary/aromatic N) is 1. The lowest BCUT2D eigenvalue weighted by molar-refractivity contribution is 0.282. The largest absolute Gasteiger partial charge is 0.392 e. The zero-order valence-electron chi connectivity index (χ0n) is 8.12. The highest BCUT2D eigenvalue weighted by Gasteiger charge is 2.03. The molecular weight excluding hydrogens is 164 g/mol. The third kappa shape index (κ3) is 2.70. The van der Waals surface area contributed by atoms with Crippen molar-refractivity contribution in [2.24, 2.45) is 5.92 Å². The van der Waals surface area contributed by atoms with E-state index in [2.05, 4.69) is 18.8 Å². The van der Waals surface area contributed by atoms with Crippen LogP contribution in [0.1, 0.15) is 25.1 Å². The zero-order valence-corrected chi connectivity index (χ0v) is 8.12. The molecule has 1 rings (SSSR count). The molecule has 0 fully saturated rings. The van der Waals surface area contributed by atoms with Crippen LogP contribution in [-0.2, 0) is 13.0 Å². The van der Waals surface area contributed by atoms with Gasteiger partial charge in [-0.25, -0.2) is 4.98 Å². The molecule has 13 heavy (non-hydrogen) atoms. The summed E-state index contributed by atoms with van der Waals surface area (Å²) in [6, 6.07) is 3.75. The van der Waals surface area contributed by atoms with Crippen molar-refractivity contribution < 1.29 is 5.11 Å². The lowest BCUT2D eigenvalue weighted by Crippen LogP contribution is -2.03. The fraction of sp³-hybridized carbons (Fsp3) is 0.500. The van der Waals surface area contributed by atoms with Gasteiger partial charge in [0.15, 0.2) is 0 Å². The van der Waals surface area contributed by atoms with Gasteiger partial charge in [-0.1, -0.05) is 19.9 Å². The van der Waals surface area contributed by atoms with Gasteiger partial charge in [-0.05, 0) is 18.4 Å². The number of anilines is 1. The van der Waals surface area contributed by atoms with Crippen molar-refractivity contribution in [1.82, 2.24) is 4.98 Å². The first-order valence-corrected chi connectivity index (χ1v) is 4.48. The van der Waals surface area contributed by atoms with E-state index in [0.29, 0.717) is 17.3 Å². The van der Waals surface area contributed by atoms with E-state index in [-0.39, 0.29) is 6.61 Å². The normalized spacial score (nSPS) is 10.8. The van der Waals surface area contributed by atoms with E-state index in [0.717, 1.165) is 12.1 Å². The smallest absolute Gasteiger partial charge is 0.129 e. The number of rotatable bonds is 3. The fourth-order valence-corrected chi connectivity index (χ4v) is 1.21. The Kier molecular flexibility index (Phi) is 3.25. The van der Waals surface area contributed by atoms with E-state index >= 15 is 0 Å². The van der Waals surface area contributed by atoms with Gasteiger partial charge in [-0.2, -0.15) is 0 Å². The van der Waals surface area contributed by atoms with Gasteiger partial charge in [0.1, 0.15) is 5.82 Å². The maximum atomic E-state index is 8.87. The minimum atomic E-state index is -0.0409. The summed E-state index contributed by atoms with van der Waals surface area (Å²) in [6.45, 7) is 4.23. The summed E-state index contributed by atoms with van der Waals surface area (Å²) in [4.78, 5) is 4.20. The van der Waals surface area contributed by atoms with Crippen LogP contribution in [-0.4, -0.2) is 10.1 Å². The van der Waals surface area contributed by atoms with Gasteiger partial charge < -0.3 is 10.8 Å². The first-order valence-electron chi connectivity index (χ1n) is 4.48. The summed E-state index contributed by atoms with van der Waals surface area (Å²) in [5, 5.41) is 8.87. The van der Waals surface area contributed by atoms with Gasteiger partial charge in [-0.15, -0.1) is 0 Å². The monoisotopic (exact) mass is 180 g/mol. The van der Waals surface area contributed by atoms with Crippen molar-refractivity contribution in [2.75, 3.05) is 5.73 Å². The molecule has 0 saturated heterocycles. The van der Waals surface area contributed by atoms with Crippen LogP contribution in [0.3, 0.4) is 0 Å². The molecular formula is C10H16N2O. The molecule has 0 bridgehead atoms. The summed E-state index contributed by atoms with van der Waals surface area (Å²) in [5.41, 5.74) is 7.33. The lowest BCUT2D eigenvalue weighted by atomic mass is 10.1. The fourth-order valence-electron chi connectivity index (χ4n) is 1.21. The Morgan fingerprint density at radius 1 is 1.46 bits per heavy atom. The Bertz CT molecular complexity index is 284. The van der Waals surface area contributed by atoms with E-state index in [1.807, 2.05) is 12.1 Å². The maximum absolute atomic E-state index is 8.87. The van der Waals surface area contributed by atoms with Crippen molar-refractivity contribution in [1.29, 1.82) is 0 Å². The number of nitrogen functional groups attached to an aromatic ring is 1. The Morgan fingerprint density at radius 2 is 2.15 bits per heavy atom. The van der Waals surface area contributed by atoms with Gasteiger partial charge in [-0.3, -0.25) is 0 Å². The Balaban J connectivity index is 2.83. The molecule has 0 radical (unpaired) electrons. The highest BCUT2D eigenvalue weighted by Crippen LogP contribution is 2.12. The second-order valence-electron chi connectivity index (χ2n) is 3.60. The molecule has 1 aromatic heterocycles. The minimum absolute atomic E-state index is 0.0409. The third-order valence-corrected chi connectivity index (χ3v) is 1.86. The standard InChI is InChI=1S/C10H16N2O/c1-7(2)5-9-4-3-8(6-13)10(11)12-9/h3-4,7,13H,5-6H2,1-2H3,(H2,11,12). The first kappa shape index (κ1) is 9.99. The molecule has 0 aromatic carbocycles. The number of aromatic nitrogens is 1. The van der Waals surface area contributed by atoms with Crippen LogP contribution >= 0.6 is 0 Å². The lowest BCUT2D eigenvalue weighted by Gasteiger charge is -2.06. The number of aliphatic hydroxyl groups excluding tert-OH is 1. The van der Waals surface area contributed by atoms with Gasteiger partial charge in [0, 0.05) is 11.3 Å². The van der Waals surface area contributed by atoms with Gasteiger partial charge in [0.05, 0.1) is 6.61 Å². The van der Waals surface area contributed by atoms with Crippen molar-refractivity contribution in [3.8, 4) is 0 Å². The quantitative estimate of drug-likeness (QED) is 0.738. The molecule has 72 valence electrons.